The largest absolute Gasteiger partial charge is 0.359 e. The minimum absolute atomic E-state index is 0.300. The van der Waals surface area contributed by atoms with Crippen LogP contribution in [0.2, 0.25) is 0 Å². The number of rotatable bonds is 0. The molecule has 2 aliphatic rings. The monoisotopic (exact) mass is 212 g/mol. The third-order valence-corrected chi connectivity index (χ3v) is 3.84. The molecule has 0 atom stereocenters. The van der Waals surface area contributed by atoms with E-state index in [1.165, 1.54) is 24.2 Å². The number of likely N-dealkylation sites (N-methyl/N-ethyl adjacent to an activating group) is 1. The van der Waals surface area contributed by atoms with Gasteiger partial charge in [-0.15, -0.1) is 11.8 Å². The summed E-state index contributed by atoms with van der Waals surface area (Å²) in [4.78, 5) is 6.80. The molecule has 0 amide bonds. The highest BCUT2D eigenvalue weighted by atomic mass is 15.2. The van der Waals surface area contributed by atoms with Gasteiger partial charge >= 0.3 is 0 Å². The number of hydrogen-bond donors (Lipinski definition) is 0. The number of pyridine rings is 1. The molecule has 0 aromatic carbocycles. The van der Waals surface area contributed by atoms with Crippen molar-refractivity contribution in [1.29, 1.82) is 0 Å². The zero-order chi connectivity index (χ0) is 11.0. The van der Waals surface area contributed by atoms with Gasteiger partial charge in [0.1, 0.15) is 5.82 Å². The molecule has 0 N–H and O–H groups in total. The van der Waals surface area contributed by atoms with Gasteiger partial charge < -0.3 is 4.90 Å². The molecule has 1 aromatic heterocycles. The van der Waals surface area contributed by atoms with Gasteiger partial charge in [0.2, 0.25) is 0 Å². The van der Waals surface area contributed by atoms with Crippen molar-refractivity contribution in [1.82, 2.24) is 4.98 Å². The maximum atomic E-state index is 4.51. The van der Waals surface area contributed by atoms with Gasteiger partial charge in [0.25, 0.3) is 0 Å². The molecule has 1 aliphatic carbocycles. The van der Waals surface area contributed by atoms with Gasteiger partial charge in [0.05, 0.1) is 0 Å². The van der Waals surface area contributed by atoms with Gasteiger partial charge in [0.15, 0.2) is 0 Å². The lowest BCUT2D eigenvalue weighted by Gasteiger charge is -2.27. The van der Waals surface area contributed by atoms with Crippen molar-refractivity contribution < 1.29 is 0 Å². The van der Waals surface area contributed by atoms with E-state index in [9.17, 15) is 0 Å². The summed E-state index contributed by atoms with van der Waals surface area (Å²) in [5.41, 5.74) is 1.73. The zero-order valence-electron chi connectivity index (χ0n) is 9.66. The molecule has 0 radical (unpaired) electrons. The summed E-state index contributed by atoms with van der Waals surface area (Å²) in [6.07, 6.45) is 6.32. The number of anilines is 1. The Labute approximate surface area is 96.7 Å². The van der Waals surface area contributed by atoms with Crippen LogP contribution in [-0.2, 0) is 5.41 Å². The highest BCUT2D eigenvalue weighted by molar-refractivity contribution is 5.57. The molecule has 2 heteroatoms. The number of fused-ring (bicyclic) bond motifs is 2. The van der Waals surface area contributed by atoms with Crippen molar-refractivity contribution in [2.75, 3.05) is 18.5 Å². The van der Waals surface area contributed by atoms with Crippen molar-refractivity contribution in [3.63, 3.8) is 0 Å². The van der Waals surface area contributed by atoms with Crippen LogP contribution >= 0.6 is 0 Å². The second-order valence-corrected chi connectivity index (χ2v) is 4.86. The van der Waals surface area contributed by atoms with Crippen molar-refractivity contribution in [2.24, 2.45) is 0 Å². The summed E-state index contributed by atoms with van der Waals surface area (Å²) in [5, 5.41) is 0. The Hall–Kier alpha value is -1.49. The lowest BCUT2D eigenvalue weighted by Crippen LogP contribution is -2.31. The summed E-state index contributed by atoms with van der Waals surface area (Å²) >= 11 is 0. The molecule has 1 spiro atoms. The zero-order valence-corrected chi connectivity index (χ0v) is 9.66. The first-order valence-electron chi connectivity index (χ1n) is 5.94. The molecule has 16 heavy (non-hydrogen) atoms. The molecule has 0 fully saturated rings. The summed E-state index contributed by atoms with van der Waals surface area (Å²) in [7, 11) is 2.15. The van der Waals surface area contributed by atoms with Crippen molar-refractivity contribution >= 4 is 5.82 Å². The fourth-order valence-electron chi connectivity index (χ4n) is 3.06. The van der Waals surface area contributed by atoms with Crippen LogP contribution in [0.3, 0.4) is 0 Å². The van der Waals surface area contributed by atoms with Crippen LogP contribution < -0.4 is 4.90 Å². The molecular formula is C14H16N2. The first kappa shape index (κ1) is 9.72. The fraction of sp³-hybridized carbons (Fsp3) is 0.500. The SMILES string of the molecule is CN1CC2(CCC#CCC2)c2cccnc21. The number of hydrogen-bond acceptors (Lipinski definition) is 2. The third kappa shape index (κ3) is 1.31. The maximum Gasteiger partial charge on any atom is 0.132 e. The predicted octanol–water partition coefficient (Wildman–Crippen LogP) is 2.35. The van der Waals surface area contributed by atoms with E-state index in [1.54, 1.807) is 0 Å². The van der Waals surface area contributed by atoms with Crippen LogP contribution in [0, 0.1) is 11.8 Å². The molecule has 0 bridgehead atoms. The van der Waals surface area contributed by atoms with E-state index in [1.807, 2.05) is 6.20 Å². The maximum absolute atomic E-state index is 4.51. The van der Waals surface area contributed by atoms with E-state index in [2.05, 4.69) is 40.9 Å². The Balaban J connectivity index is 2.04. The third-order valence-electron chi connectivity index (χ3n) is 3.84. The van der Waals surface area contributed by atoms with Crippen LogP contribution in [-0.4, -0.2) is 18.6 Å². The van der Waals surface area contributed by atoms with Gasteiger partial charge in [-0.25, -0.2) is 4.98 Å². The van der Waals surface area contributed by atoms with Gasteiger partial charge in [-0.2, -0.15) is 0 Å². The smallest absolute Gasteiger partial charge is 0.132 e. The molecule has 0 saturated carbocycles. The molecule has 1 aliphatic heterocycles. The topological polar surface area (TPSA) is 16.1 Å². The van der Waals surface area contributed by atoms with E-state index < -0.39 is 0 Å². The minimum Gasteiger partial charge on any atom is -0.359 e. The van der Waals surface area contributed by atoms with Gasteiger partial charge in [-0.3, -0.25) is 0 Å². The van der Waals surface area contributed by atoms with Gasteiger partial charge in [-0.1, -0.05) is 6.07 Å². The second-order valence-electron chi connectivity index (χ2n) is 4.86. The quantitative estimate of drug-likeness (QED) is 0.614. The fourth-order valence-corrected chi connectivity index (χ4v) is 3.06. The van der Waals surface area contributed by atoms with E-state index >= 15 is 0 Å². The lowest BCUT2D eigenvalue weighted by molar-refractivity contribution is 0.404. The standard InChI is InChI=1S/C14H16N2/c1-16-11-14(8-4-2-3-5-9-14)12-7-6-10-15-13(12)16/h6-7,10H,4-5,8-9,11H2,1H3. The van der Waals surface area contributed by atoms with Crippen molar-refractivity contribution in [3.8, 4) is 11.8 Å². The van der Waals surface area contributed by atoms with Crippen LogP contribution in [0.15, 0.2) is 18.3 Å². The highest BCUT2D eigenvalue weighted by Crippen LogP contribution is 2.45. The van der Waals surface area contributed by atoms with Crippen LogP contribution in [0.4, 0.5) is 5.82 Å². The van der Waals surface area contributed by atoms with Crippen LogP contribution in [0.1, 0.15) is 31.2 Å². The molecule has 2 heterocycles. The molecule has 0 saturated heterocycles. The summed E-state index contributed by atoms with van der Waals surface area (Å²) in [6.45, 7) is 1.10. The first-order valence-corrected chi connectivity index (χ1v) is 5.94. The van der Waals surface area contributed by atoms with Crippen LogP contribution in [0.5, 0.6) is 0 Å². The number of nitrogens with zero attached hydrogens (tertiary/aromatic N) is 2. The first-order chi connectivity index (χ1) is 7.82. The Bertz CT molecular complexity index is 455. The molecular weight excluding hydrogens is 196 g/mol. The molecule has 2 nitrogen and oxygen atoms in total. The molecule has 0 unspecified atom stereocenters. The lowest BCUT2D eigenvalue weighted by atomic mass is 9.76. The normalized spacial score (nSPS) is 21.2. The van der Waals surface area contributed by atoms with Crippen LogP contribution in [0.25, 0.3) is 0 Å². The summed E-state index contributed by atoms with van der Waals surface area (Å²) in [5.74, 6) is 7.68. The summed E-state index contributed by atoms with van der Waals surface area (Å²) < 4.78 is 0. The predicted molar refractivity (Wildman–Crippen MR) is 65.4 cm³/mol. The minimum atomic E-state index is 0.300. The summed E-state index contributed by atoms with van der Waals surface area (Å²) in [6, 6.07) is 4.31. The Morgan fingerprint density at radius 3 is 2.81 bits per heavy atom. The second kappa shape index (κ2) is 3.52. The van der Waals surface area contributed by atoms with Gasteiger partial charge in [0, 0.05) is 43.6 Å². The molecule has 1 aromatic rings. The molecule has 3 rings (SSSR count). The average Bonchev–Trinajstić information content (AvgIpc) is 2.49. The number of aromatic nitrogens is 1. The van der Waals surface area contributed by atoms with Crippen molar-refractivity contribution in [3.05, 3.63) is 23.9 Å². The van der Waals surface area contributed by atoms with E-state index in [0.29, 0.717) is 5.41 Å². The Morgan fingerprint density at radius 1 is 1.31 bits per heavy atom. The van der Waals surface area contributed by atoms with Crippen molar-refractivity contribution in [2.45, 2.75) is 31.1 Å². The molecule has 82 valence electrons. The Kier molecular flexibility index (Phi) is 2.14. The Morgan fingerprint density at radius 2 is 2.06 bits per heavy atom. The van der Waals surface area contributed by atoms with E-state index in [-0.39, 0.29) is 0 Å². The highest BCUT2D eigenvalue weighted by Gasteiger charge is 2.41. The van der Waals surface area contributed by atoms with E-state index in [4.69, 9.17) is 0 Å². The average molecular weight is 212 g/mol. The van der Waals surface area contributed by atoms with E-state index in [0.717, 1.165) is 19.4 Å². The van der Waals surface area contributed by atoms with Gasteiger partial charge in [-0.05, 0) is 18.9 Å².